The molecule has 0 aliphatic rings. The second-order valence-corrected chi connectivity index (χ2v) is 10.3. The first-order chi connectivity index (χ1) is 15.1. The molecule has 0 unspecified atom stereocenters. The minimum atomic E-state index is -0.279. The van der Waals surface area contributed by atoms with Crippen LogP contribution in [0.1, 0.15) is 10.5 Å². The van der Waals surface area contributed by atoms with Gasteiger partial charge in [-0.1, -0.05) is 19.2 Å². The van der Waals surface area contributed by atoms with Gasteiger partial charge in [0.05, 0.1) is 11.2 Å². The maximum atomic E-state index is 10.9. The van der Waals surface area contributed by atoms with Crippen LogP contribution in [0.2, 0.25) is 19.1 Å². The van der Waals surface area contributed by atoms with E-state index in [4.69, 9.17) is 9.47 Å². The summed E-state index contributed by atoms with van der Waals surface area (Å²) >= 11 is 0. The number of nitrogens with zero attached hydrogens (tertiary/aromatic N) is 4. The van der Waals surface area contributed by atoms with Gasteiger partial charge in [-0.15, -0.1) is 0 Å². The van der Waals surface area contributed by atoms with E-state index in [-0.39, 0.29) is 8.80 Å². The summed E-state index contributed by atoms with van der Waals surface area (Å²) in [4.78, 5) is 19.6. The first-order valence-electron chi connectivity index (χ1n) is 10.0. The van der Waals surface area contributed by atoms with Crippen LogP contribution in [0.4, 0.5) is 0 Å². The van der Waals surface area contributed by atoms with Gasteiger partial charge >= 0.3 is 0 Å². The SMILES string of the molecule is C[Si](C)CCOCn1nccc1-c1ccc(Oc2ccc3nc(C=O)ccc3c2)nc1. The second kappa shape index (κ2) is 9.63. The molecule has 0 amide bonds. The number of aldehydes is 1. The Bertz CT molecular complexity index is 1180. The largest absolute Gasteiger partial charge is 0.439 e. The average Bonchev–Trinajstić information content (AvgIpc) is 3.25. The summed E-state index contributed by atoms with van der Waals surface area (Å²) in [5, 5.41) is 5.25. The molecule has 0 aliphatic heterocycles. The van der Waals surface area contributed by atoms with Gasteiger partial charge in [-0.25, -0.2) is 14.6 Å². The molecule has 4 aromatic rings. The fourth-order valence-corrected chi connectivity index (χ4v) is 3.62. The summed E-state index contributed by atoms with van der Waals surface area (Å²) in [6, 6.07) is 15.9. The van der Waals surface area contributed by atoms with E-state index in [1.807, 2.05) is 47.1 Å². The molecule has 0 saturated heterocycles. The van der Waals surface area contributed by atoms with Crippen molar-refractivity contribution in [3.8, 4) is 22.9 Å². The molecule has 1 radical (unpaired) electrons. The highest BCUT2D eigenvalue weighted by Gasteiger charge is 2.08. The molecule has 4 rings (SSSR count). The van der Waals surface area contributed by atoms with Gasteiger partial charge < -0.3 is 9.47 Å². The Hall–Kier alpha value is -3.36. The molecule has 3 aromatic heterocycles. The van der Waals surface area contributed by atoms with Crippen molar-refractivity contribution in [3.63, 3.8) is 0 Å². The maximum Gasteiger partial charge on any atom is 0.219 e. The zero-order valence-corrected chi connectivity index (χ0v) is 18.5. The Kier molecular flexibility index (Phi) is 6.49. The number of aromatic nitrogens is 4. The molecule has 31 heavy (non-hydrogen) atoms. The van der Waals surface area contributed by atoms with Gasteiger partial charge in [-0.3, -0.25) is 4.79 Å². The third-order valence-electron chi connectivity index (χ3n) is 4.73. The predicted molar refractivity (Wildman–Crippen MR) is 121 cm³/mol. The first-order valence-corrected chi connectivity index (χ1v) is 12.7. The lowest BCUT2D eigenvalue weighted by atomic mass is 10.2. The van der Waals surface area contributed by atoms with Crippen molar-refractivity contribution in [2.45, 2.75) is 25.9 Å². The third kappa shape index (κ3) is 5.22. The van der Waals surface area contributed by atoms with Gasteiger partial charge in [0, 0.05) is 44.8 Å². The summed E-state index contributed by atoms with van der Waals surface area (Å²) in [6.45, 7) is 5.73. The molecular weight excluding hydrogens is 408 g/mol. The van der Waals surface area contributed by atoms with Crippen LogP contribution in [0, 0.1) is 0 Å². The minimum Gasteiger partial charge on any atom is -0.439 e. The Balaban J connectivity index is 1.44. The van der Waals surface area contributed by atoms with Crippen LogP contribution in [-0.4, -0.2) is 41.4 Å². The summed E-state index contributed by atoms with van der Waals surface area (Å²) in [5.41, 5.74) is 3.03. The standard InChI is InChI=1S/C23H23N4O3Si/c1-31(2)12-11-29-16-27-22(9-10-25-27)18-4-8-23(24-14-18)30-20-6-7-21-17(13-20)3-5-19(15-28)26-21/h3-10,13-15H,11-12,16H2,1-2H3. The fraction of sp³-hybridized carbons (Fsp3) is 0.217. The summed E-state index contributed by atoms with van der Waals surface area (Å²) in [7, 11) is -0.279. The van der Waals surface area contributed by atoms with E-state index in [9.17, 15) is 4.79 Å². The molecule has 1 aromatic carbocycles. The van der Waals surface area contributed by atoms with Crippen LogP contribution < -0.4 is 4.74 Å². The molecule has 0 spiro atoms. The molecule has 7 nitrogen and oxygen atoms in total. The summed E-state index contributed by atoms with van der Waals surface area (Å²) in [5.74, 6) is 1.14. The maximum absolute atomic E-state index is 10.9. The smallest absolute Gasteiger partial charge is 0.219 e. The quantitative estimate of drug-likeness (QED) is 0.215. The molecule has 0 bridgehead atoms. The summed E-state index contributed by atoms with van der Waals surface area (Å²) < 4.78 is 13.5. The van der Waals surface area contributed by atoms with Crippen molar-refractivity contribution < 1.29 is 14.3 Å². The van der Waals surface area contributed by atoms with E-state index in [2.05, 4.69) is 28.2 Å². The monoisotopic (exact) mass is 431 g/mol. The number of carbonyl (C=O) groups is 1. The van der Waals surface area contributed by atoms with Crippen LogP contribution in [0.5, 0.6) is 11.6 Å². The van der Waals surface area contributed by atoms with E-state index < -0.39 is 0 Å². The van der Waals surface area contributed by atoms with Gasteiger partial charge in [-0.2, -0.15) is 5.10 Å². The number of fused-ring (bicyclic) bond motifs is 1. The van der Waals surface area contributed by atoms with E-state index in [1.54, 1.807) is 18.5 Å². The molecule has 8 heteroatoms. The number of benzene rings is 1. The van der Waals surface area contributed by atoms with Crippen molar-refractivity contribution in [2.75, 3.05) is 6.61 Å². The molecule has 157 valence electrons. The van der Waals surface area contributed by atoms with Gasteiger partial charge in [0.2, 0.25) is 5.88 Å². The zero-order valence-electron chi connectivity index (χ0n) is 17.5. The molecule has 0 fully saturated rings. The highest BCUT2D eigenvalue weighted by Crippen LogP contribution is 2.26. The average molecular weight is 432 g/mol. The van der Waals surface area contributed by atoms with Crippen LogP contribution in [0.25, 0.3) is 22.2 Å². The second-order valence-electron chi connectivity index (χ2n) is 7.41. The molecule has 0 aliphatic carbocycles. The number of pyridine rings is 2. The molecule has 0 saturated carbocycles. The van der Waals surface area contributed by atoms with E-state index in [0.717, 1.165) is 41.1 Å². The van der Waals surface area contributed by atoms with Gasteiger partial charge in [0.15, 0.2) is 6.29 Å². The lowest BCUT2D eigenvalue weighted by Gasteiger charge is -2.10. The number of rotatable bonds is 9. The van der Waals surface area contributed by atoms with Gasteiger partial charge in [0.1, 0.15) is 18.2 Å². The fourth-order valence-electron chi connectivity index (χ4n) is 3.07. The van der Waals surface area contributed by atoms with Gasteiger partial charge in [0.25, 0.3) is 0 Å². The Morgan fingerprint density at radius 1 is 1.10 bits per heavy atom. The van der Waals surface area contributed by atoms with Crippen molar-refractivity contribution in [1.82, 2.24) is 19.7 Å². The van der Waals surface area contributed by atoms with Crippen molar-refractivity contribution in [1.29, 1.82) is 0 Å². The molecule has 0 N–H and O–H groups in total. The van der Waals surface area contributed by atoms with E-state index in [1.165, 1.54) is 0 Å². The Morgan fingerprint density at radius 3 is 2.77 bits per heavy atom. The normalized spacial score (nSPS) is 11.2. The van der Waals surface area contributed by atoms with E-state index in [0.29, 0.717) is 24.1 Å². The zero-order chi connectivity index (χ0) is 21.6. The highest BCUT2D eigenvalue weighted by atomic mass is 28.3. The highest BCUT2D eigenvalue weighted by molar-refractivity contribution is 6.55. The van der Waals surface area contributed by atoms with Crippen molar-refractivity contribution in [3.05, 3.63) is 66.6 Å². The summed E-state index contributed by atoms with van der Waals surface area (Å²) in [6.07, 6.45) is 4.26. The van der Waals surface area contributed by atoms with Crippen molar-refractivity contribution in [2.24, 2.45) is 0 Å². The predicted octanol–water partition coefficient (Wildman–Crippen LogP) is 4.83. The number of hydrogen-bond donors (Lipinski definition) is 0. The molecular formula is C23H23N4O3Si. The lowest BCUT2D eigenvalue weighted by Crippen LogP contribution is -2.10. The van der Waals surface area contributed by atoms with Gasteiger partial charge in [-0.05, 0) is 42.4 Å². The van der Waals surface area contributed by atoms with Crippen LogP contribution in [-0.2, 0) is 11.5 Å². The number of ether oxygens (including phenoxy) is 2. The third-order valence-corrected chi connectivity index (χ3v) is 5.94. The minimum absolute atomic E-state index is 0.279. The Labute approximate surface area is 182 Å². The van der Waals surface area contributed by atoms with Crippen LogP contribution >= 0.6 is 0 Å². The lowest BCUT2D eigenvalue weighted by molar-refractivity contribution is 0.0801. The van der Waals surface area contributed by atoms with Crippen LogP contribution in [0.3, 0.4) is 0 Å². The molecule has 3 heterocycles. The van der Waals surface area contributed by atoms with Crippen LogP contribution in [0.15, 0.2) is 60.9 Å². The number of carbonyl (C=O) groups excluding carboxylic acids is 1. The van der Waals surface area contributed by atoms with E-state index >= 15 is 0 Å². The first kappa shape index (κ1) is 20.9. The van der Waals surface area contributed by atoms with Crippen molar-refractivity contribution >= 4 is 26.0 Å². The topological polar surface area (TPSA) is 79.1 Å². The number of hydrogen-bond acceptors (Lipinski definition) is 6. The Morgan fingerprint density at radius 2 is 2.00 bits per heavy atom. The molecule has 0 atom stereocenters.